The highest BCUT2D eigenvalue weighted by atomic mass is 16.2. The van der Waals surface area contributed by atoms with E-state index in [-0.39, 0.29) is 18.0 Å². The summed E-state index contributed by atoms with van der Waals surface area (Å²) in [4.78, 5) is 24.9. The number of anilines is 1. The van der Waals surface area contributed by atoms with Crippen molar-refractivity contribution in [3.8, 4) is 6.07 Å². The lowest BCUT2D eigenvalue weighted by atomic mass is 9.93. The molecule has 2 fully saturated rings. The van der Waals surface area contributed by atoms with Gasteiger partial charge >= 0.3 is 0 Å². The number of nitriles is 1. The van der Waals surface area contributed by atoms with Crippen molar-refractivity contribution in [2.75, 3.05) is 31.1 Å². The number of rotatable bonds is 3. The van der Waals surface area contributed by atoms with Crippen molar-refractivity contribution in [3.63, 3.8) is 0 Å². The molecule has 2 unspecified atom stereocenters. The molecule has 1 amide bonds. The minimum atomic E-state index is 0.00954. The van der Waals surface area contributed by atoms with Crippen molar-refractivity contribution in [1.82, 2.24) is 25.7 Å². The van der Waals surface area contributed by atoms with Crippen LogP contribution < -0.4 is 15.8 Å². The highest BCUT2D eigenvalue weighted by Gasteiger charge is 2.36. The Labute approximate surface area is 157 Å². The van der Waals surface area contributed by atoms with E-state index in [1.807, 2.05) is 18.2 Å². The molecule has 2 aliphatic heterocycles. The van der Waals surface area contributed by atoms with Crippen LogP contribution in [-0.4, -0.2) is 53.0 Å². The van der Waals surface area contributed by atoms with Gasteiger partial charge in [0.2, 0.25) is 5.91 Å². The molecule has 0 radical (unpaired) electrons. The van der Waals surface area contributed by atoms with Crippen LogP contribution in [-0.2, 0) is 4.79 Å². The van der Waals surface area contributed by atoms with Gasteiger partial charge in [0.25, 0.3) is 0 Å². The zero-order chi connectivity index (χ0) is 18.6. The second-order valence-corrected chi connectivity index (χ2v) is 6.72. The van der Waals surface area contributed by atoms with E-state index in [1.165, 1.54) is 6.20 Å². The molecule has 8 nitrogen and oxygen atoms in total. The van der Waals surface area contributed by atoms with Crippen LogP contribution in [0.3, 0.4) is 0 Å². The van der Waals surface area contributed by atoms with E-state index in [1.54, 1.807) is 6.20 Å². The summed E-state index contributed by atoms with van der Waals surface area (Å²) in [6, 6.07) is 12.4. The number of nitrogens with zero attached hydrogens (tertiary/aromatic N) is 5. The minimum Gasteiger partial charge on any atom is -0.352 e. The zero-order valence-corrected chi connectivity index (χ0v) is 14.9. The van der Waals surface area contributed by atoms with Crippen molar-refractivity contribution in [1.29, 1.82) is 5.26 Å². The first-order valence-electron chi connectivity index (χ1n) is 9.05. The molecule has 1 aromatic carbocycles. The van der Waals surface area contributed by atoms with E-state index < -0.39 is 0 Å². The molecule has 4 rings (SSSR count). The maximum absolute atomic E-state index is 12.0. The van der Waals surface area contributed by atoms with Gasteiger partial charge in [-0.25, -0.2) is 15.4 Å². The van der Waals surface area contributed by atoms with Crippen LogP contribution in [0.5, 0.6) is 0 Å². The molecule has 1 aromatic heterocycles. The summed E-state index contributed by atoms with van der Waals surface area (Å²) >= 11 is 0. The Balaban J connectivity index is 1.49. The number of aromatic nitrogens is 2. The van der Waals surface area contributed by atoms with E-state index >= 15 is 0 Å². The fraction of sp³-hybridized carbons (Fsp3) is 0.368. The monoisotopic (exact) mass is 363 g/mol. The molecular weight excluding hydrogens is 342 g/mol. The standard InChI is InChI=1S/C19H21N7O/c20-13-15-19(22-7-6-21-15)26-10-8-25(9-11-26)16-12-17(27)23-24-18(16)14-4-2-1-3-5-14/h1-7,16,18,24H,8-12H2,(H,23,27). The molecule has 0 aliphatic carbocycles. The molecule has 0 saturated carbocycles. The van der Waals surface area contributed by atoms with Gasteiger partial charge in [0.15, 0.2) is 11.5 Å². The molecule has 2 aliphatic rings. The van der Waals surface area contributed by atoms with Crippen LogP contribution in [0.2, 0.25) is 0 Å². The lowest BCUT2D eigenvalue weighted by molar-refractivity contribution is -0.126. The summed E-state index contributed by atoms with van der Waals surface area (Å²) in [5.74, 6) is 0.647. The van der Waals surface area contributed by atoms with Crippen LogP contribution >= 0.6 is 0 Å². The smallest absolute Gasteiger partial charge is 0.235 e. The Morgan fingerprint density at radius 1 is 1.07 bits per heavy atom. The first kappa shape index (κ1) is 17.4. The summed E-state index contributed by atoms with van der Waals surface area (Å²) in [5.41, 5.74) is 7.45. The molecule has 0 bridgehead atoms. The second kappa shape index (κ2) is 7.70. The SMILES string of the molecule is N#Cc1nccnc1N1CCN(C2CC(=O)NNC2c2ccccc2)CC1. The average Bonchev–Trinajstić information content (AvgIpc) is 2.74. The van der Waals surface area contributed by atoms with Crippen LogP contribution in [0, 0.1) is 11.3 Å². The van der Waals surface area contributed by atoms with Gasteiger partial charge in [0, 0.05) is 51.0 Å². The number of piperazine rings is 1. The molecule has 3 heterocycles. The molecular formula is C19H21N7O. The average molecular weight is 363 g/mol. The van der Waals surface area contributed by atoms with Crippen LogP contribution in [0.15, 0.2) is 42.7 Å². The van der Waals surface area contributed by atoms with Crippen molar-refractivity contribution in [2.45, 2.75) is 18.5 Å². The third-order valence-electron chi connectivity index (χ3n) is 5.17. The molecule has 2 atom stereocenters. The number of hydrogen-bond acceptors (Lipinski definition) is 7. The molecule has 27 heavy (non-hydrogen) atoms. The Hall–Kier alpha value is -3.02. The number of amides is 1. The number of benzene rings is 1. The number of nitrogens with one attached hydrogen (secondary N) is 2. The number of carbonyl (C=O) groups excluding carboxylic acids is 1. The predicted octanol–water partition coefficient (Wildman–Crippen LogP) is 0.605. The number of carbonyl (C=O) groups is 1. The maximum atomic E-state index is 12.0. The molecule has 138 valence electrons. The normalized spacial score (nSPS) is 23.5. The van der Waals surface area contributed by atoms with Gasteiger partial charge in [0.05, 0.1) is 6.04 Å². The van der Waals surface area contributed by atoms with Crippen molar-refractivity contribution in [2.24, 2.45) is 0 Å². The maximum Gasteiger partial charge on any atom is 0.235 e. The van der Waals surface area contributed by atoms with Gasteiger partial charge in [-0.3, -0.25) is 15.1 Å². The summed E-state index contributed by atoms with van der Waals surface area (Å²) in [6.07, 6.45) is 3.61. The van der Waals surface area contributed by atoms with Crippen LogP contribution in [0.1, 0.15) is 23.7 Å². The Kier molecular flexibility index (Phi) is 4.96. The topological polar surface area (TPSA) is 97.2 Å². The van der Waals surface area contributed by atoms with E-state index in [0.29, 0.717) is 17.9 Å². The lowest BCUT2D eigenvalue weighted by Gasteiger charge is -2.44. The number of hydrogen-bond donors (Lipinski definition) is 2. The second-order valence-electron chi connectivity index (χ2n) is 6.72. The highest BCUT2D eigenvalue weighted by molar-refractivity contribution is 5.77. The largest absolute Gasteiger partial charge is 0.352 e. The number of hydrazine groups is 1. The summed E-state index contributed by atoms with van der Waals surface area (Å²) in [5, 5.41) is 9.25. The quantitative estimate of drug-likeness (QED) is 0.824. The van der Waals surface area contributed by atoms with Gasteiger partial charge in [-0.05, 0) is 5.56 Å². The molecule has 2 saturated heterocycles. The molecule has 8 heteroatoms. The first-order valence-corrected chi connectivity index (χ1v) is 9.05. The summed E-state index contributed by atoms with van der Waals surface area (Å²) < 4.78 is 0. The Morgan fingerprint density at radius 3 is 2.56 bits per heavy atom. The first-order chi connectivity index (χ1) is 13.3. The van der Waals surface area contributed by atoms with Crippen molar-refractivity contribution >= 4 is 11.7 Å². The lowest BCUT2D eigenvalue weighted by Crippen LogP contribution is -2.60. The van der Waals surface area contributed by atoms with Gasteiger partial charge in [-0.15, -0.1) is 0 Å². The minimum absolute atomic E-state index is 0.00954. The third kappa shape index (κ3) is 3.60. The van der Waals surface area contributed by atoms with Gasteiger partial charge in [-0.1, -0.05) is 30.3 Å². The van der Waals surface area contributed by atoms with Crippen molar-refractivity contribution in [3.05, 3.63) is 54.0 Å². The summed E-state index contributed by atoms with van der Waals surface area (Å²) in [7, 11) is 0. The van der Waals surface area contributed by atoms with E-state index in [4.69, 9.17) is 0 Å². The van der Waals surface area contributed by atoms with Gasteiger partial charge in [0.1, 0.15) is 6.07 Å². The van der Waals surface area contributed by atoms with Crippen molar-refractivity contribution < 1.29 is 4.79 Å². The Bertz CT molecular complexity index is 843. The van der Waals surface area contributed by atoms with E-state index in [0.717, 1.165) is 31.7 Å². The van der Waals surface area contributed by atoms with Crippen LogP contribution in [0.25, 0.3) is 0 Å². The summed E-state index contributed by atoms with van der Waals surface area (Å²) in [6.45, 7) is 3.08. The highest BCUT2D eigenvalue weighted by Crippen LogP contribution is 2.27. The van der Waals surface area contributed by atoms with Crippen LogP contribution in [0.4, 0.5) is 5.82 Å². The predicted molar refractivity (Wildman–Crippen MR) is 99.4 cm³/mol. The fourth-order valence-electron chi connectivity index (χ4n) is 3.83. The molecule has 2 aromatic rings. The van der Waals surface area contributed by atoms with E-state index in [9.17, 15) is 10.1 Å². The van der Waals surface area contributed by atoms with Gasteiger partial charge in [-0.2, -0.15) is 5.26 Å². The third-order valence-corrected chi connectivity index (χ3v) is 5.17. The zero-order valence-electron chi connectivity index (χ0n) is 14.9. The van der Waals surface area contributed by atoms with E-state index in [2.05, 4.69) is 48.8 Å². The fourth-order valence-corrected chi connectivity index (χ4v) is 3.83. The van der Waals surface area contributed by atoms with Gasteiger partial charge < -0.3 is 4.90 Å². The Morgan fingerprint density at radius 2 is 1.81 bits per heavy atom. The molecule has 2 N–H and O–H groups in total. The molecule has 0 spiro atoms.